The van der Waals surface area contributed by atoms with Gasteiger partial charge in [-0.3, -0.25) is 4.79 Å². The number of hydrogen-bond acceptors (Lipinski definition) is 6. The minimum absolute atomic E-state index is 0.0472. The third-order valence-electron chi connectivity index (χ3n) is 6.47. The molecule has 0 aliphatic carbocycles. The lowest BCUT2D eigenvalue weighted by atomic mass is 9.85. The highest BCUT2D eigenvalue weighted by molar-refractivity contribution is 7.91. The molecule has 10 heteroatoms. The van der Waals surface area contributed by atoms with Gasteiger partial charge in [-0.15, -0.1) is 0 Å². The average Bonchev–Trinajstić information content (AvgIpc) is 2.81. The van der Waals surface area contributed by atoms with Crippen molar-refractivity contribution in [3.05, 3.63) is 47.5 Å². The van der Waals surface area contributed by atoms with E-state index in [2.05, 4.69) is 12.2 Å². The lowest BCUT2D eigenvalue weighted by Crippen LogP contribution is -2.22. The number of rotatable bonds is 13. The number of sulfonamides is 1. The molecule has 1 amide bonds. The SMILES string of the molecule is CCCCCC(CC(=O)Nc1cc(S(N)(=O)=O)ccc1C(C)(C)C)c1ccc(S(=O)(=O)CCC)cc1OC. The molecule has 3 N–H and O–H groups in total. The Morgan fingerprint density at radius 2 is 1.63 bits per heavy atom. The minimum atomic E-state index is -3.95. The Morgan fingerprint density at radius 3 is 2.18 bits per heavy atom. The number of unbranched alkanes of at least 4 members (excludes halogenated alkanes) is 2. The molecule has 1 unspecified atom stereocenters. The van der Waals surface area contributed by atoms with Gasteiger partial charge in [0.25, 0.3) is 0 Å². The second kappa shape index (κ2) is 13.1. The molecule has 0 radical (unpaired) electrons. The number of carbonyl (C=O) groups is 1. The van der Waals surface area contributed by atoms with Crippen LogP contribution in [0.1, 0.15) is 90.2 Å². The maximum atomic E-state index is 13.4. The van der Waals surface area contributed by atoms with Gasteiger partial charge in [0.05, 0.1) is 22.7 Å². The normalized spacial score (nSPS) is 13.2. The fourth-order valence-electron chi connectivity index (χ4n) is 4.50. The van der Waals surface area contributed by atoms with Crippen LogP contribution in [0.5, 0.6) is 5.75 Å². The van der Waals surface area contributed by atoms with Gasteiger partial charge in [-0.1, -0.05) is 66.0 Å². The van der Waals surface area contributed by atoms with Crippen LogP contribution < -0.4 is 15.2 Å². The van der Waals surface area contributed by atoms with Gasteiger partial charge in [-0.05, 0) is 59.6 Å². The lowest BCUT2D eigenvalue weighted by Gasteiger charge is -2.25. The number of carbonyl (C=O) groups excluding carboxylic acids is 1. The van der Waals surface area contributed by atoms with E-state index in [4.69, 9.17) is 9.88 Å². The van der Waals surface area contributed by atoms with E-state index < -0.39 is 19.9 Å². The number of hydrogen-bond donors (Lipinski definition) is 2. The lowest BCUT2D eigenvalue weighted by molar-refractivity contribution is -0.116. The predicted octanol–water partition coefficient (Wildman–Crippen LogP) is 5.52. The molecule has 0 saturated carbocycles. The Labute approximate surface area is 228 Å². The second-order valence-corrected chi connectivity index (χ2v) is 14.3. The second-order valence-electron chi connectivity index (χ2n) is 10.7. The van der Waals surface area contributed by atoms with E-state index in [1.54, 1.807) is 24.3 Å². The summed E-state index contributed by atoms with van der Waals surface area (Å²) in [4.78, 5) is 13.5. The van der Waals surface area contributed by atoms with Crippen molar-refractivity contribution in [2.75, 3.05) is 18.2 Å². The maximum Gasteiger partial charge on any atom is 0.238 e. The van der Waals surface area contributed by atoms with Crippen molar-refractivity contribution in [3.8, 4) is 5.75 Å². The minimum Gasteiger partial charge on any atom is -0.496 e. The zero-order valence-corrected chi connectivity index (χ0v) is 25.0. The van der Waals surface area contributed by atoms with Crippen LogP contribution in [0, 0.1) is 0 Å². The smallest absolute Gasteiger partial charge is 0.238 e. The summed E-state index contributed by atoms with van der Waals surface area (Å²) >= 11 is 0. The highest BCUT2D eigenvalue weighted by Crippen LogP contribution is 2.36. The Balaban J connectivity index is 2.44. The summed E-state index contributed by atoms with van der Waals surface area (Å²) in [5.41, 5.74) is 1.59. The molecule has 0 bridgehead atoms. The standard InChI is InChI=1S/C28H42N2O6S2/c1-7-9-10-11-20(23-14-12-21(19-26(23)36-6)37(32,33)16-8-2)17-27(31)30-25-18-22(38(29,34)35)13-15-24(25)28(3,4)5/h12-15,18-20H,7-11,16-17H2,1-6H3,(H,30,31)(H2,29,34,35). The molecule has 8 nitrogen and oxygen atoms in total. The summed E-state index contributed by atoms with van der Waals surface area (Å²) in [6, 6.07) is 9.38. The van der Waals surface area contributed by atoms with E-state index in [-0.39, 0.29) is 39.2 Å². The molecule has 0 heterocycles. The van der Waals surface area contributed by atoms with Crippen LogP contribution in [0.2, 0.25) is 0 Å². The quantitative estimate of drug-likeness (QED) is 0.307. The fourth-order valence-corrected chi connectivity index (χ4v) is 6.37. The molecule has 0 aromatic heterocycles. The van der Waals surface area contributed by atoms with Gasteiger partial charge in [-0.25, -0.2) is 22.0 Å². The molecule has 2 aromatic carbocycles. The third kappa shape index (κ3) is 8.54. The maximum absolute atomic E-state index is 13.4. The Morgan fingerprint density at radius 1 is 0.974 bits per heavy atom. The summed E-state index contributed by atoms with van der Waals surface area (Å²) in [5, 5.41) is 8.25. The summed E-state index contributed by atoms with van der Waals surface area (Å²) in [7, 11) is -5.88. The number of amides is 1. The van der Waals surface area contributed by atoms with Crippen LogP contribution in [0.25, 0.3) is 0 Å². The Hall–Kier alpha value is -2.43. The Kier molecular flexibility index (Phi) is 10.9. The molecule has 0 aliphatic rings. The van der Waals surface area contributed by atoms with Crippen molar-refractivity contribution in [1.29, 1.82) is 0 Å². The fraction of sp³-hybridized carbons (Fsp3) is 0.536. The highest BCUT2D eigenvalue weighted by atomic mass is 32.2. The molecule has 212 valence electrons. The first-order valence-corrected chi connectivity index (χ1v) is 16.2. The summed E-state index contributed by atoms with van der Waals surface area (Å²) in [6.45, 7) is 9.83. The number of nitrogens with two attached hydrogens (primary N) is 1. The van der Waals surface area contributed by atoms with Crippen LogP contribution in [-0.4, -0.2) is 35.6 Å². The van der Waals surface area contributed by atoms with Crippen molar-refractivity contribution < 1.29 is 26.4 Å². The van der Waals surface area contributed by atoms with Crippen molar-refractivity contribution in [1.82, 2.24) is 0 Å². The van der Waals surface area contributed by atoms with Crippen molar-refractivity contribution in [2.24, 2.45) is 5.14 Å². The molecule has 0 spiro atoms. The molecule has 2 aromatic rings. The first kappa shape index (κ1) is 31.8. The molecule has 1 atom stereocenters. The number of nitrogens with one attached hydrogen (secondary N) is 1. The van der Waals surface area contributed by atoms with E-state index >= 15 is 0 Å². The first-order valence-electron chi connectivity index (χ1n) is 13.0. The van der Waals surface area contributed by atoms with Crippen molar-refractivity contribution >= 4 is 31.5 Å². The number of anilines is 1. The number of ether oxygens (including phenoxy) is 1. The van der Waals surface area contributed by atoms with Gasteiger partial charge in [0, 0.05) is 12.1 Å². The van der Waals surface area contributed by atoms with Gasteiger partial charge in [0.2, 0.25) is 15.9 Å². The summed E-state index contributed by atoms with van der Waals surface area (Å²) in [6.07, 6.45) is 4.23. The van der Waals surface area contributed by atoms with Crippen molar-refractivity contribution in [2.45, 2.75) is 94.3 Å². The van der Waals surface area contributed by atoms with Gasteiger partial charge >= 0.3 is 0 Å². The van der Waals surface area contributed by atoms with Crippen LogP contribution in [-0.2, 0) is 30.1 Å². The zero-order chi connectivity index (χ0) is 28.7. The predicted molar refractivity (Wildman–Crippen MR) is 152 cm³/mol. The molecular formula is C28H42N2O6S2. The average molecular weight is 567 g/mol. The number of methoxy groups -OCH3 is 1. The van der Waals surface area contributed by atoms with Crippen LogP contribution in [0.15, 0.2) is 46.2 Å². The van der Waals surface area contributed by atoms with Gasteiger partial charge in [-0.2, -0.15) is 0 Å². The molecule has 0 fully saturated rings. The highest BCUT2D eigenvalue weighted by Gasteiger charge is 2.25. The number of primary sulfonamides is 1. The molecule has 2 rings (SSSR count). The molecule has 0 saturated heterocycles. The monoisotopic (exact) mass is 566 g/mol. The largest absolute Gasteiger partial charge is 0.496 e. The topological polar surface area (TPSA) is 133 Å². The van der Waals surface area contributed by atoms with Crippen molar-refractivity contribution in [3.63, 3.8) is 0 Å². The van der Waals surface area contributed by atoms with E-state index in [1.807, 2.05) is 27.7 Å². The van der Waals surface area contributed by atoms with E-state index in [0.29, 0.717) is 24.3 Å². The van der Waals surface area contributed by atoms with Crippen LogP contribution in [0.4, 0.5) is 5.69 Å². The Bertz CT molecular complexity index is 1330. The van der Waals surface area contributed by atoms with E-state index in [9.17, 15) is 21.6 Å². The van der Waals surface area contributed by atoms with Gasteiger partial charge in [0.15, 0.2) is 9.84 Å². The number of sulfone groups is 1. The summed E-state index contributed by atoms with van der Waals surface area (Å²) in [5.74, 6) is -0.0266. The van der Waals surface area contributed by atoms with Crippen LogP contribution in [0.3, 0.4) is 0 Å². The third-order valence-corrected chi connectivity index (χ3v) is 9.30. The molecular weight excluding hydrogens is 524 g/mol. The van der Waals surface area contributed by atoms with Gasteiger partial charge in [0.1, 0.15) is 5.75 Å². The van der Waals surface area contributed by atoms with E-state index in [0.717, 1.165) is 30.4 Å². The number of benzene rings is 2. The summed E-state index contributed by atoms with van der Waals surface area (Å²) < 4.78 is 54.7. The molecule has 0 aliphatic heterocycles. The van der Waals surface area contributed by atoms with E-state index in [1.165, 1.54) is 19.2 Å². The van der Waals surface area contributed by atoms with Gasteiger partial charge < -0.3 is 10.1 Å². The zero-order valence-electron chi connectivity index (χ0n) is 23.3. The molecule has 38 heavy (non-hydrogen) atoms. The van der Waals surface area contributed by atoms with Crippen LogP contribution >= 0.6 is 0 Å². The first-order chi connectivity index (χ1) is 17.6.